The minimum atomic E-state index is -0.453. The standard InChI is InChI=1S/C20H19NO5/c1-4-26-18-12(6-5-7-17(18)24-2)10-15-14-9-8-13(20(23)25-3)11-16(14)21-19(15)22/h5-11H,4H2,1-3H3,(H,21,22)/b15-10+. The molecule has 2 aromatic rings. The second-order valence-electron chi connectivity index (χ2n) is 5.58. The van der Waals surface area contributed by atoms with Crippen LogP contribution in [0.4, 0.5) is 5.69 Å². The second kappa shape index (κ2) is 7.31. The van der Waals surface area contributed by atoms with Gasteiger partial charge < -0.3 is 19.5 Å². The Morgan fingerprint density at radius 2 is 2.00 bits per heavy atom. The zero-order chi connectivity index (χ0) is 18.7. The minimum Gasteiger partial charge on any atom is -0.493 e. The van der Waals surface area contributed by atoms with E-state index in [9.17, 15) is 9.59 Å². The number of methoxy groups -OCH3 is 2. The van der Waals surface area contributed by atoms with Crippen LogP contribution in [-0.2, 0) is 9.53 Å². The number of nitrogens with one attached hydrogen (secondary N) is 1. The molecule has 134 valence electrons. The number of carbonyl (C=O) groups excluding carboxylic acids is 2. The number of carbonyl (C=O) groups is 2. The van der Waals surface area contributed by atoms with Crippen molar-refractivity contribution in [1.82, 2.24) is 0 Å². The van der Waals surface area contributed by atoms with Gasteiger partial charge in [0.15, 0.2) is 11.5 Å². The number of esters is 1. The Morgan fingerprint density at radius 3 is 2.69 bits per heavy atom. The van der Waals surface area contributed by atoms with E-state index in [1.165, 1.54) is 7.11 Å². The molecular formula is C20H19NO5. The molecule has 0 aliphatic carbocycles. The summed E-state index contributed by atoms with van der Waals surface area (Å²) >= 11 is 0. The number of hydrogen-bond donors (Lipinski definition) is 1. The Kier molecular flexibility index (Phi) is 4.93. The second-order valence-corrected chi connectivity index (χ2v) is 5.58. The molecule has 0 aromatic heterocycles. The molecule has 0 fully saturated rings. The number of ether oxygens (including phenoxy) is 3. The minimum absolute atomic E-state index is 0.243. The molecule has 0 bridgehead atoms. The van der Waals surface area contributed by atoms with Crippen LogP contribution in [0.3, 0.4) is 0 Å². The highest BCUT2D eigenvalue weighted by atomic mass is 16.5. The SMILES string of the molecule is CCOc1c(/C=C2/C(=O)Nc3cc(C(=O)OC)ccc32)cccc1OC. The van der Waals surface area contributed by atoms with Gasteiger partial charge in [0.2, 0.25) is 0 Å². The lowest BCUT2D eigenvalue weighted by Crippen LogP contribution is -2.05. The Balaban J connectivity index is 2.07. The lowest BCUT2D eigenvalue weighted by Gasteiger charge is -2.12. The van der Waals surface area contributed by atoms with E-state index in [-0.39, 0.29) is 5.91 Å². The Hall–Kier alpha value is -3.28. The maximum Gasteiger partial charge on any atom is 0.337 e. The molecule has 1 N–H and O–H groups in total. The van der Waals surface area contributed by atoms with Gasteiger partial charge in [-0.05, 0) is 31.2 Å². The number of amides is 1. The number of rotatable bonds is 5. The van der Waals surface area contributed by atoms with E-state index in [1.54, 1.807) is 37.5 Å². The fraction of sp³-hybridized carbons (Fsp3) is 0.200. The first-order valence-corrected chi connectivity index (χ1v) is 8.14. The highest BCUT2D eigenvalue weighted by molar-refractivity contribution is 6.35. The van der Waals surface area contributed by atoms with Gasteiger partial charge in [0.25, 0.3) is 5.91 Å². The largest absolute Gasteiger partial charge is 0.493 e. The van der Waals surface area contributed by atoms with Crippen LogP contribution < -0.4 is 14.8 Å². The predicted octanol–water partition coefficient (Wildman–Crippen LogP) is 3.37. The fourth-order valence-electron chi connectivity index (χ4n) is 2.84. The van der Waals surface area contributed by atoms with E-state index < -0.39 is 5.97 Å². The van der Waals surface area contributed by atoms with Gasteiger partial charge in [-0.2, -0.15) is 0 Å². The van der Waals surface area contributed by atoms with Gasteiger partial charge >= 0.3 is 5.97 Å². The zero-order valence-electron chi connectivity index (χ0n) is 14.8. The molecule has 1 heterocycles. The van der Waals surface area contributed by atoms with Gasteiger partial charge in [0.1, 0.15) is 0 Å². The average Bonchev–Trinajstić information content (AvgIpc) is 2.97. The molecule has 0 unspecified atom stereocenters. The molecule has 0 radical (unpaired) electrons. The summed E-state index contributed by atoms with van der Waals surface area (Å²) in [6, 6.07) is 10.5. The molecule has 6 heteroatoms. The molecule has 0 atom stereocenters. The highest BCUT2D eigenvalue weighted by Gasteiger charge is 2.26. The first-order valence-electron chi connectivity index (χ1n) is 8.14. The quantitative estimate of drug-likeness (QED) is 0.659. The van der Waals surface area contributed by atoms with Gasteiger partial charge in [-0.25, -0.2) is 4.79 Å². The fourth-order valence-corrected chi connectivity index (χ4v) is 2.84. The third kappa shape index (κ3) is 3.13. The van der Waals surface area contributed by atoms with Crippen molar-refractivity contribution in [2.24, 2.45) is 0 Å². The summed E-state index contributed by atoms with van der Waals surface area (Å²) in [4.78, 5) is 24.1. The van der Waals surface area contributed by atoms with Crippen LogP contribution in [0.15, 0.2) is 36.4 Å². The summed E-state index contributed by atoms with van der Waals surface area (Å²) in [5.74, 6) is 0.483. The Morgan fingerprint density at radius 1 is 1.19 bits per heavy atom. The maximum atomic E-state index is 12.4. The van der Waals surface area contributed by atoms with Gasteiger partial charge in [-0.3, -0.25) is 4.79 Å². The van der Waals surface area contributed by atoms with Crippen LogP contribution in [0.1, 0.15) is 28.4 Å². The van der Waals surface area contributed by atoms with Crippen LogP contribution in [0, 0.1) is 0 Å². The van der Waals surface area contributed by atoms with Crippen molar-refractivity contribution < 1.29 is 23.8 Å². The van der Waals surface area contributed by atoms with E-state index in [2.05, 4.69) is 5.32 Å². The van der Waals surface area contributed by atoms with Crippen molar-refractivity contribution in [3.8, 4) is 11.5 Å². The first-order chi connectivity index (χ1) is 12.6. The number of para-hydroxylation sites is 1. The Labute approximate surface area is 151 Å². The summed E-state index contributed by atoms with van der Waals surface area (Å²) in [7, 11) is 2.89. The average molecular weight is 353 g/mol. The molecule has 0 spiro atoms. The van der Waals surface area contributed by atoms with Crippen LogP contribution in [-0.4, -0.2) is 32.7 Å². The summed E-state index contributed by atoms with van der Waals surface area (Å²) in [6.45, 7) is 2.36. The van der Waals surface area contributed by atoms with Gasteiger partial charge in [-0.15, -0.1) is 0 Å². The lowest BCUT2D eigenvalue weighted by molar-refractivity contribution is -0.110. The van der Waals surface area contributed by atoms with Crippen molar-refractivity contribution in [2.45, 2.75) is 6.92 Å². The smallest absolute Gasteiger partial charge is 0.337 e. The van der Waals surface area contributed by atoms with Gasteiger partial charge in [-0.1, -0.05) is 18.2 Å². The highest BCUT2D eigenvalue weighted by Crippen LogP contribution is 2.38. The lowest BCUT2D eigenvalue weighted by atomic mass is 10.0. The molecule has 0 saturated heterocycles. The van der Waals surface area contributed by atoms with Gasteiger partial charge in [0, 0.05) is 22.4 Å². The number of fused-ring (bicyclic) bond motifs is 1. The van der Waals surface area contributed by atoms with Crippen LogP contribution >= 0.6 is 0 Å². The Bertz CT molecular complexity index is 901. The van der Waals surface area contributed by atoms with Crippen LogP contribution in [0.2, 0.25) is 0 Å². The van der Waals surface area contributed by atoms with E-state index in [1.807, 2.05) is 19.1 Å². The van der Waals surface area contributed by atoms with Crippen molar-refractivity contribution in [3.63, 3.8) is 0 Å². The molecule has 6 nitrogen and oxygen atoms in total. The van der Waals surface area contributed by atoms with Crippen molar-refractivity contribution in [2.75, 3.05) is 26.1 Å². The molecule has 2 aromatic carbocycles. The third-order valence-corrected chi connectivity index (χ3v) is 4.04. The summed E-state index contributed by atoms with van der Waals surface area (Å²) in [5.41, 5.74) is 2.90. The summed E-state index contributed by atoms with van der Waals surface area (Å²) < 4.78 is 15.8. The van der Waals surface area contributed by atoms with Crippen LogP contribution in [0.25, 0.3) is 11.6 Å². The maximum absolute atomic E-state index is 12.4. The molecule has 3 rings (SSSR count). The molecule has 26 heavy (non-hydrogen) atoms. The molecule has 1 aliphatic heterocycles. The normalized spacial score (nSPS) is 14.0. The first kappa shape index (κ1) is 17.5. The topological polar surface area (TPSA) is 73.9 Å². The third-order valence-electron chi connectivity index (χ3n) is 4.04. The summed E-state index contributed by atoms with van der Waals surface area (Å²) in [5, 5.41) is 2.78. The monoisotopic (exact) mass is 353 g/mol. The molecule has 1 aliphatic rings. The molecule has 0 saturated carbocycles. The van der Waals surface area contributed by atoms with Crippen molar-refractivity contribution in [3.05, 3.63) is 53.1 Å². The van der Waals surface area contributed by atoms with Crippen LogP contribution in [0.5, 0.6) is 11.5 Å². The number of anilines is 1. The van der Waals surface area contributed by atoms with Crippen molar-refractivity contribution in [1.29, 1.82) is 0 Å². The van der Waals surface area contributed by atoms with E-state index in [0.29, 0.717) is 40.5 Å². The van der Waals surface area contributed by atoms with Crippen molar-refractivity contribution >= 4 is 29.2 Å². The van der Waals surface area contributed by atoms with Gasteiger partial charge in [0.05, 0.1) is 26.4 Å². The number of benzene rings is 2. The molecular weight excluding hydrogens is 334 g/mol. The van der Waals surface area contributed by atoms with E-state index >= 15 is 0 Å². The van der Waals surface area contributed by atoms with E-state index in [4.69, 9.17) is 14.2 Å². The predicted molar refractivity (Wildman–Crippen MR) is 98.4 cm³/mol. The number of hydrogen-bond acceptors (Lipinski definition) is 5. The summed E-state index contributed by atoms with van der Waals surface area (Å²) in [6.07, 6.45) is 1.76. The van der Waals surface area contributed by atoms with E-state index in [0.717, 1.165) is 5.56 Å². The zero-order valence-corrected chi connectivity index (χ0v) is 14.8. The molecule has 1 amide bonds.